The first kappa shape index (κ1) is 14.2. The van der Waals surface area contributed by atoms with E-state index in [0.29, 0.717) is 23.8 Å². The van der Waals surface area contributed by atoms with Crippen LogP contribution in [0, 0.1) is 0 Å². The monoisotopic (exact) mass is 276 g/mol. The summed E-state index contributed by atoms with van der Waals surface area (Å²) >= 11 is 0. The Morgan fingerprint density at radius 3 is 2.80 bits per heavy atom. The van der Waals surface area contributed by atoms with Crippen LogP contribution in [0.5, 0.6) is 0 Å². The van der Waals surface area contributed by atoms with E-state index in [1.165, 1.54) is 0 Å². The Morgan fingerprint density at radius 1 is 1.40 bits per heavy atom. The Hall–Kier alpha value is -2.24. The van der Waals surface area contributed by atoms with Gasteiger partial charge in [0, 0.05) is 32.4 Å². The lowest BCUT2D eigenvalue weighted by Crippen LogP contribution is -2.37. The Bertz CT molecular complexity index is 606. The maximum atomic E-state index is 11.9. The first-order valence-corrected chi connectivity index (χ1v) is 6.62. The van der Waals surface area contributed by atoms with Gasteiger partial charge in [-0.25, -0.2) is 0 Å². The summed E-state index contributed by atoms with van der Waals surface area (Å²) in [5.41, 5.74) is 7.74. The molecule has 2 aromatic rings. The first-order chi connectivity index (χ1) is 9.51. The average molecular weight is 276 g/mol. The minimum absolute atomic E-state index is 0.0141. The maximum absolute atomic E-state index is 11.9. The first-order valence-electron chi connectivity index (χ1n) is 6.62. The van der Waals surface area contributed by atoms with Crippen LogP contribution in [0.4, 0.5) is 11.7 Å². The third-order valence-electron chi connectivity index (χ3n) is 2.99. The summed E-state index contributed by atoms with van der Waals surface area (Å²) in [6.07, 6.45) is 0.904. The molecule has 1 heterocycles. The van der Waals surface area contributed by atoms with Crippen molar-refractivity contribution in [1.29, 1.82) is 0 Å². The number of aromatic nitrogens is 1. The lowest BCUT2D eigenvalue weighted by molar-refractivity contribution is -0.127. The van der Waals surface area contributed by atoms with Crippen molar-refractivity contribution in [2.75, 3.05) is 37.8 Å². The quantitative estimate of drug-likeness (QED) is 0.841. The number of likely N-dealkylation sites (N-methyl/N-ethyl adjacent to an activating group) is 1. The summed E-state index contributed by atoms with van der Waals surface area (Å²) in [7, 11) is 3.47. The molecule has 0 atom stereocenters. The smallest absolute Gasteiger partial charge is 0.298 e. The number of nitrogens with two attached hydrogens (primary N) is 1. The molecule has 108 valence electrons. The van der Waals surface area contributed by atoms with Gasteiger partial charge in [0.25, 0.3) is 6.01 Å². The highest BCUT2D eigenvalue weighted by atomic mass is 16.4. The topological polar surface area (TPSA) is 75.6 Å². The molecule has 0 radical (unpaired) electrons. The van der Waals surface area contributed by atoms with E-state index in [2.05, 4.69) is 4.98 Å². The van der Waals surface area contributed by atoms with Crippen LogP contribution in [-0.2, 0) is 4.79 Å². The van der Waals surface area contributed by atoms with E-state index in [4.69, 9.17) is 10.2 Å². The van der Waals surface area contributed by atoms with Crippen LogP contribution < -0.4 is 10.6 Å². The van der Waals surface area contributed by atoms with E-state index in [1.807, 2.05) is 17.9 Å². The highest BCUT2D eigenvalue weighted by molar-refractivity contribution is 5.82. The molecule has 6 heteroatoms. The van der Waals surface area contributed by atoms with E-state index in [9.17, 15) is 4.79 Å². The molecule has 0 spiro atoms. The van der Waals surface area contributed by atoms with Gasteiger partial charge in [0.15, 0.2) is 5.58 Å². The van der Waals surface area contributed by atoms with Gasteiger partial charge < -0.3 is 20.0 Å². The number of carbonyl (C=O) groups excluding carboxylic acids is 1. The number of nitrogens with zero attached hydrogens (tertiary/aromatic N) is 3. The third kappa shape index (κ3) is 3.01. The fourth-order valence-corrected chi connectivity index (χ4v) is 1.88. The molecule has 0 aliphatic heterocycles. The van der Waals surface area contributed by atoms with Gasteiger partial charge in [-0.3, -0.25) is 4.79 Å². The molecule has 1 aromatic carbocycles. The molecule has 20 heavy (non-hydrogen) atoms. The highest BCUT2D eigenvalue weighted by Crippen LogP contribution is 2.23. The predicted octanol–water partition coefficient (Wildman–Crippen LogP) is 1.71. The van der Waals surface area contributed by atoms with Crippen LogP contribution in [-0.4, -0.2) is 43.0 Å². The number of hydrogen-bond donors (Lipinski definition) is 1. The van der Waals surface area contributed by atoms with Crippen molar-refractivity contribution >= 4 is 28.7 Å². The Labute approximate surface area is 118 Å². The molecular formula is C14H20N4O2. The van der Waals surface area contributed by atoms with Crippen LogP contribution >= 0.6 is 0 Å². The molecule has 1 amide bonds. The van der Waals surface area contributed by atoms with Crippen LogP contribution in [0.25, 0.3) is 11.1 Å². The number of fused-ring (bicyclic) bond motifs is 1. The van der Waals surface area contributed by atoms with Crippen molar-refractivity contribution in [3.05, 3.63) is 18.2 Å². The minimum Gasteiger partial charge on any atom is -0.423 e. The minimum atomic E-state index is 0.0141. The fraction of sp³-hybridized carbons (Fsp3) is 0.429. The lowest BCUT2D eigenvalue weighted by atomic mass is 10.3. The molecule has 6 nitrogen and oxygen atoms in total. The van der Waals surface area contributed by atoms with Crippen molar-refractivity contribution in [3.63, 3.8) is 0 Å². The number of amides is 1. The molecule has 0 aliphatic rings. The van der Waals surface area contributed by atoms with Crippen molar-refractivity contribution < 1.29 is 9.21 Å². The second kappa shape index (κ2) is 5.81. The zero-order valence-corrected chi connectivity index (χ0v) is 12.1. The van der Waals surface area contributed by atoms with E-state index < -0.39 is 0 Å². The van der Waals surface area contributed by atoms with Gasteiger partial charge in [-0.05, 0) is 18.6 Å². The number of hydrogen-bond acceptors (Lipinski definition) is 5. The molecule has 0 unspecified atom stereocenters. The second-order valence-electron chi connectivity index (χ2n) is 4.93. The molecule has 0 bridgehead atoms. The Balaban J connectivity index is 2.28. The number of rotatable bonds is 5. The number of benzene rings is 1. The van der Waals surface area contributed by atoms with E-state index in [1.54, 1.807) is 31.1 Å². The summed E-state index contributed by atoms with van der Waals surface area (Å²) in [6, 6.07) is 5.80. The standard InChI is InChI=1S/C14H20N4O2/c1-4-7-18(9-13(19)17(2)3)14-16-11-6-5-10(15)8-12(11)20-14/h5-6,8H,4,7,9,15H2,1-3H3. The lowest BCUT2D eigenvalue weighted by Gasteiger charge is -2.21. The van der Waals surface area contributed by atoms with Gasteiger partial charge in [-0.1, -0.05) is 6.92 Å². The van der Waals surface area contributed by atoms with E-state index >= 15 is 0 Å². The summed E-state index contributed by atoms with van der Waals surface area (Å²) in [5, 5.41) is 0. The number of nitrogen functional groups attached to an aromatic ring is 1. The largest absolute Gasteiger partial charge is 0.423 e. The Morgan fingerprint density at radius 2 is 2.15 bits per heavy atom. The van der Waals surface area contributed by atoms with Crippen LogP contribution in [0.15, 0.2) is 22.6 Å². The molecule has 0 saturated heterocycles. The molecule has 1 aromatic heterocycles. The third-order valence-corrected chi connectivity index (χ3v) is 2.99. The Kier molecular flexibility index (Phi) is 4.12. The van der Waals surface area contributed by atoms with Gasteiger partial charge in [0.05, 0.1) is 0 Å². The number of anilines is 2. The summed E-state index contributed by atoms with van der Waals surface area (Å²) in [4.78, 5) is 19.7. The van der Waals surface area contributed by atoms with Gasteiger partial charge >= 0.3 is 0 Å². The van der Waals surface area contributed by atoms with Crippen molar-refractivity contribution in [2.45, 2.75) is 13.3 Å². The second-order valence-corrected chi connectivity index (χ2v) is 4.93. The maximum Gasteiger partial charge on any atom is 0.298 e. The van der Waals surface area contributed by atoms with Gasteiger partial charge in [-0.15, -0.1) is 0 Å². The SMILES string of the molecule is CCCN(CC(=O)N(C)C)c1nc2ccc(N)cc2o1. The number of oxazole rings is 1. The van der Waals surface area contributed by atoms with Crippen molar-refractivity contribution in [3.8, 4) is 0 Å². The van der Waals surface area contributed by atoms with Crippen molar-refractivity contribution in [1.82, 2.24) is 9.88 Å². The molecule has 2 N–H and O–H groups in total. The summed E-state index contributed by atoms with van der Waals surface area (Å²) < 4.78 is 5.71. The summed E-state index contributed by atoms with van der Waals surface area (Å²) in [6.45, 7) is 3.01. The number of carbonyl (C=O) groups is 1. The van der Waals surface area contributed by atoms with Gasteiger partial charge in [0.1, 0.15) is 12.1 Å². The fourth-order valence-electron chi connectivity index (χ4n) is 1.88. The summed E-state index contributed by atoms with van der Waals surface area (Å²) in [5.74, 6) is 0.0141. The van der Waals surface area contributed by atoms with Gasteiger partial charge in [0.2, 0.25) is 5.91 Å². The molecular weight excluding hydrogens is 256 g/mol. The normalized spacial score (nSPS) is 10.8. The highest BCUT2D eigenvalue weighted by Gasteiger charge is 2.17. The molecule has 0 aliphatic carbocycles. The molecule has 0 fully saturated rings. The van der Waals surface area contributed by atoms with E-state index in [-0.39, 0.29) is 12.5 Å². The zero-order chi connectivity index (χ0) is 14.7. The van der Waals surface area contributed by atoms with Crippen LogP contribution in [0.3, 0.4) is 0 Å². The van der Waals surface area contributed by atoms with E-state index in [0.717, 1.165) is 11.9 Å². The molecule has 0 saturated carbocycles. The van der Waals surface area contributed by atoms with Crippen LogP contribution in [0.1, 0.15) is 13.3 Å². The van der Waals surface area contributed by atoms with Crippen molar-refractivity contribution in [2.24, 2.45) is 0 Å². The average Bonchev–Trinajstić information content (AvgIpc) is 2.80. The molecule has 2 rings (SSSR count). The zero-order valence-electron chi connectivity index (χ0n) is 12.1. The van der Waals surface area contributed by atoms with Gasteiger partial charge in [-0.2, -0.15) is 4.98 Å². The predicted molar refractivity (Wildman–Crippen MR) is 79.6 cm³/mol. The van der Waals surface area contributed by atoms with Crippen LogP contribution in [0.2, 0.25) is 0 Å².